The van der Waals surface area contributed by atoms with Gasteiger partial charge in [0.2, 0.25) is 0 Å². The molecule has 0 bridgehead atoms. The highest BCUT2D eigenvalue weighted by atomic mass is 16.6. The third-order valence-electron chi connectivity index (χ3n) is 3.22. The van der Waals surface area contributed by atoms with Gasteiger partial charge < -0.3 is 20.1 Å². The highest BCUT2D eigenvalue weighted by Crippen LogP contribution is 2.26. The van der Waals surface area contributed by atoms with E-state index in [-0.39, 0.29) is 12.2 Å². The highest BCUT2D eigenvalue weighted by molar-refractivity contribution is 5.92. The fraction of sp³-hybridized carbons (Fsp3) is 0.571. The van der Waals surface area contributed by atoms with Crippen molar-refractivity contribution in [2.24, 2.45) is 4.99 Å². The van der Waals surface area contributed by atoms with Crippen molar-refractivity contribution in [1.82, 2.24) is 10.2 Å². The molecule has 0 aromatic carbocycles. The number of aliphatic hydroxyl groups is 1. The van der Waals surface area contributed by atoms with Crippen LogP contribution < -0.4 is 5.32 Å². The number of hydrogen-bond acceptors (Lipinski definition) is 8. The first-order chi connectivity index (χ1) is 10.8. The maximum absolute atomic E-state index is 12.3. The second-order valence-corrected chi connectivity index (χ2v) is 4.93. The largest absolute Gasteiger partial charge is 0.490 e. The van der Waals surface area contributed by atoms with Crippen LogP contribution >= 0.6 is 0 Å². The Bertz CT molecular complexity index is 568. The molecule has 0 radical (unpaired) electrons. The SMILES string of the molecule is CCCN/C(C)=C(\C(=O)OCC)C1N=CN(C)C(O)=C1[N+](=O)[O-]. The molecule has 128 valence electrons. The van der Waals surface area contributed by atoms with Crippen LogP contribution in [0.15, 0.2) is 27.8 Å². The Balaban J connectivity index is 3.38. The van der Waals surface area contributed by atoms with Crippen LogP contribution in [0, 0.1) is 10.1 Å². The minimum atomic E-state index is -1.23. The summed E-state index contributed by atoms with van der Waals surface area (Å²) in [4.78, 5) is 28.0. The van der Waals surface area contributed by atoms with E-state index in [1.807, 2.05) is 6.92 Å². The molecule has 23 heavy (non-hydrogen) atoms. The zero-order valence-corrected chi connectivity index (χ0v) is 13.7. The quantitative estimate of drug-likeness (QED) is 0.312. The molecular formula is C14H22N4O5. The van der Waals surface area contributed by atoms with Gasteiger partial charge in [-0.3, -0.25) is 15.1 Å². The summed E-state index contributed by atoms with van der Waals surface area (Å²) >= 11 is 0. The molecule has 0 fully saturated rings. The molecule has 1 heterocycles. The summed E-state index contributed by atoms with van der Waals surface area (Å²) in [5.74, 6) is -1.26. The van der Waals surface area contributed by atoms with Gasteiger partial charge in [0.1, 0.15) is 0 Å². The van der Waals surface area contributed by atoms with Crippen molar-refractivity contribution in [1.29, 1.82) is 0 Å². The van der Waals surface area contributed by atoms with E-state index >= 15 is 0 Å². The van der Waals surface area contributed by atoms with Crippen LogP contribution in [-0.2, 0) is 9.53 Å². The molecule has 0 aliphatic carbocycles. The Labute approximate surface area is 134 Å². The van der Waals surface area contributed by atoms with Crippen molar-refractivity contribution < 1.29 is 19.6 Å². The van der Waals surface area contributed by atoms with Crippen LogP contribution in [0.3, 0.4) is 0 Å². The van der Waals surface area contributed by atoms with Crippen molar-refractivity contribution in [3.8, 4) is 0 Å². The van der Waals surface area contributed by atoms with E-state index in [0.29, 0.717) is 12.2 Å². The van der Waals surface area contributed by atoms with Crippen LogP contribution in [0.5, 0.6) is 0 Å². The topological polar surface area (TPSA) is 117 Å². The number of esters is 1. The van der Waals surface area contributed by atoms with E-state index in [4.69, 9.17) is 4.74 Å². The molecule has 0 aromatic rings. The molecule has 0 spiro atoms. The van der Waals surface area contributed by atoms with Gasteiger partial charge in [0.25, 0.3) is 5.88 Å². The molecule has 9 heteroatoms. The first-order valence-corrected chi connectivity index (χ1v) is 7.30. The zero-order valence-electron chi connectivity index (χ0n) is 13.7. The molecule has 1 atom stereocenters. The van der Waals surface area contributed by atoms with Crippen molar-refractivity contribution in [2.45, 2.75) is 33.2 Å². The minimum Gasteiger partial charge on any atom is -0.490 e. The third kappa shape index (κ3) is 4.21. The molecule has 2 N–H and O–H groups in total. The molecule has 0 aromatic heterocycles. The van der Waals surface area contributed by atoms with Gasteiger partial charge in [-0.1, -0.05) is 6.92 Å². The number of rotatable bonds is 7. The number of nitro groups is 1. The minimum absolute atomic E-state index is 0.0166. The number of hydrogen-bond donors (Lipinski definition) is 2. The molecule has 0 saturated heterocycles. The molecule has 1 aliphatic rings. The summed E-state index contributed by atoms with van der Waals surface area (Å²) in [6.07, 6.45) is 2.05. The van der Waals surface area contributed by atoms with Crippen LogP contribution in [0.25, 0.3) is 0 Å². The summed E-state index contributed by atoms with van der Waals surface area (Å²) < 4.78 is 5.00. The lowest BCUT2D eigenvalue weighted by Gasteiger charge is -2.23. The average Bonchev–Trinajstić information content (AvgIpc) is 2.49. The number of aliphatic imine (C=N–C) groups is 1. The van der Waals surface area contributed by atoms with Crippen LogP contribution in [-0.4, -0.2) is 53.5 Å². The molecule has 9 nitrogen and oxygen atoms in total. The summed E-state index contributed by atoms with van der Waals surface area (Å²) in [6.45, 7) is 5.94. The van der Waals surface area contributed by atoms with E-state index in [1.54, 1.807) is 13.8 Å². The number of nitrogens with zero attached hydrogens (tertiary/aromatic N) is 3. The number of ether oxygens (including phenoxy) is 1. The van der Waals surface area contributed by atoms with E-state index in [2.05, 4.69) is 10.3 Å². The van der Waals surface area contributed by atoms with Gasteiger partial charge in [-0.2, -0.15) is 0 Å². The summed E-state index contributed by atoms with van der Waals surface area (Å²) in [5.41, 5.74) is -0.109. The smallest absolute Gasteiger partial charge is 0.338 e. The van der Waals surface area contributed by atoms with Gasteiger partial charge in [-0.15, -0.1) is 0 Å². The number of aliphatic hydroxyl groups excluding tert-OH is 1. The van der Waals surface area contributed by atoms with Crippen molar-refractivity contribution in [3.05, 3.63) is 33.0 Å². The Morgan fingerprint density at radius 3 is 2.74 bits per heavy atom. The Kier molecular flexibility index (Phi) is 6.55. The molecule has 1 unspecified atom stereocenters. The maximum atomic E-state index is 12.3. The lowest BCUT2D eigenvalue weighted by molar-refractivity contribution is -0.433. The van der Waals surface area contributed by atoms with E-state index in [0.717, 1.165) is 11.3 Å². The Morgan fingerprint density at radius 1 is 1.57 bits per heavy atom. The van der Waals surface area contributed by atoms with Gasteiger partial charge >= 0.3 is 11.7 Å². The molecule has 1 aliphatic heterocycles. The third-order valence-corrected chi connectivity index (χ3v) is 3.22. The van der Waals surface area contributed by atoms with Crippen LogP contribution in [0.2, 0.25) is 0 Å². The second-order valence-electron chi connectivity index (χ2n) is 4.93. The number of allylic oxidation sites excluding steroid dienone is 1. The predicted molar refractivity (Wildman–Crippen MR) is 84.3 cm³/mol. The Morgan fingerprint density at radius 2 is 2.22 bits per heavy atom. The Hall–Kier alpha value is -2.58. The fourth-order valence-corrected chi connectivity index (χ4v) is 2.07. The summed E-state index contributed by atoms with van der Waals surface area (Å²) in [6, 6.07) is -1.23. The molecular weight excluding hydrogens is 304 g/mol. The number of carbonyl (C=O) groups is 1. The fourth-order valence-electron chi connectivity index (χ4n) is 2.07. The van der Waals surface area contributed by atoms with Crippen molar-refractivity contribution >= 4 is 12.3 Å². The second kappa shape index (κ2) is 8.16. The number of carbonyl (C=O) groups excluding carboxylic acids is 1. The van der Waals surface area contributed by atoms with Crippen LogP contribution in [0.1, 0.15) is 27.2 Å². The van der Waals surface area contributed by atoms with E-state index in [9.17, 15) is 20.0 Å². The first-order valence-electron chi connectivity index (χ1n) is 7.30. The van der Waals surface area contributed by atoms with E-state index < -0.39 is 28.5 Å². The van der Waals surface area contributed by atoms with Gasteiger partial charge in [0, 0.05) is 19.3 Å². The predicted octanol–water partition coefficient (Wildman–Crippen LogP) is 1.17. The number of nitrogens with one attached hydrogen (secondary N) is 1. The zero-order chi connectivity index (χ0) is 17.6. The highest BCUT2D eigenvalue weighted by Gasteiger charge is 2.40. The van der Waals surface area contributed by atoms with Crippen LogP contribution in [0.4, 0.5) is 0 Å². The van der Waals surface area contributed by atoms with E-state index in [1.165, 1.54) is 13.4 Å². The summed E-state index contributed by atoms with van der Waals surface area (Å²) in [7, 11) is 1.43. The molecule has 0 saturated carbocycles. The van der Waals surface area contributed by atoms with Crippen molar-refractivity contribution in [3.63, 3.8) is 0 Å². The normalized spacial score (nSPS) is 18.6. The lowest BCUT2D eigenvalue weighted by Crippen LogP contribution is -2.36. The van der Waals surface area contributed by atoms with Gasteiger partial charge in [0.05, 0.1) is 23.4 Å². The monoisotopic (exact) mass is 326 g/mol. The molecule has 1 rings (SSSR count). The first kappa shape index (κ1) is 18.5. The van der Waals surface area contributed by atoms with Gasteiger partial charge in [-0.25, -0.2) is 4.79 Å². The van der Waals surface area contributed by atoms with Gasteiger partial charge in [0.15, 0.2) is 6.04 Å². The van der Waals surface area contributed by atoms with Gasteiger partial charge in [-0.05, 0) is 20.3 Å². The average molecular weight is 326 g/mol. The lowest BCUT2D eigenvalue weighted by atomic mass is 10.0. The molecule has 0 amide bonds. The maximum Gasteiger partial charge on any atom is 0.338 e. The summed E-state index contributed by atoms with van der Waals surface area (Å²) in [5, 5.41) is 24.3. The van der Waals surface area contributed by atoms with Crippen molar-refractivity contribution in [2.75, 3.05) is 20.2 Å². The standard InChI is InChI=1S/C14H22N4O5/c1-5-7-15-9(3)10(14(20)23-6-2)11-12(18(21)22)13(19)17(4)8-16-11/h8,11,15,19H,5-7H2,1-4H3/b10-9-.